The molecule has 0 unspecified atom stereocenters. The van der Waals surface area contributed by atoms with Crippen molar-refractivity contribution in [3.63, 3.8) is 0 Å². The molecule has 0 aliphatic carbocycles. The van der Waals surface area contributed by atoms with E-state index >= 15 is 8.78 Å². The van der Waals surface area contributed by atoms with Crippen LogP contribution in [0.15, 0.2) is 30.5 Å². The minimum absolute atomic E-state index is 0.00435. The SMILES string of the molecule is CC(C)[Si](C#Cc1c(F)ccc2cc(O[Si](C(C)C)(C(C)C)C(C)C)cc(-c3ncc4c(N5CCC[C@@](C)(O)C5)nc(OC[C@]56CCCN5[C@H](COC(=O)N(C)C)CC6)nc4c3F)c12)(C(C)C)C(C)C. The lowest BCUT2D eigenvalue weighted by molar-refractivity contribution is 0.0442. The molecule has 382 valence electrons. The number of β-amino-alcohol motifs (C(OH)–C–C–N with tert-alkyl or cyclic N) is 1. The van der Waals surface area contributed by atoms with Crippen LogP contribution in [0.4, 0.5) is 19.4 Å². The molecule has 0 bridgehead atoms. The monoisotopic (exact) mass is 999 g/mol. The van der Waals surface area contributed by atoms with Crippen molar-refractivity contribution in [2.75, 3.05) is 51.8 Å². The second-order valence-electron chi connectivity index (χ2n) is 23.1. The molecule has 70 heavy (non-hydrogen) atoms. The summed E-state index contributed by atoms with van der Waals surface area (Å²) in [6.45, 7) is 30.8. The Hall–Kier alpha value is -4.37. The van der Waals surface area contributed by atoms with Crippen LogP contribution >= 0.6 is 0 Å². The Labute approximate surface area is 418 Å². The largest absolute Gasteiger partial charge is 0.543 e. The lowest BCUT2D eigenvalue weighted by atomic mass is 9.94. The van der Waals surface area contributed by atoms with E-state index in [1.807, 2.05) is 24.0 Å². The zero-order chi connectivity index (χ0) is 51.2. The number of pyridine rings is 1. The molecule has 4 aromatic rings. The number of aromatic nitrogens is 3. The van der Waals surface area contributed by atoms with Gasteiger partial charge in [-0.25, -0.2) is 13.6 Å². The Morgan fingerprint density at radius 3 is 2.17 bits per heavy atom. The van der Waals surface area contributed by atoms with Crippen molar-refractivity contribution in [3.05, 3.63) is 47.7 Å². The van der Waals surface area contributed by atoms with Gasteiger partial charge in [0.05, 0.1) is 22.1 Å². The Kier molecular flexibility index (Phi) is 15.7. The van der Waals surface area contributed by atoms with Crippen LogP contribution in [0.25, 0.3) is 32.9 Å². The number of carbonyl (C=O) groups excluding carboxylic acids is 1. The highest BCUT2D eigenvalue weighted by molar-refractivity contribution is 6.90. The summed E-state index contributed by atoms with van der Waals surface area (Å²) in [5.41, 5.74) is 4.73. The summed E-state index contributed by atoms with van der Waals surface area (Å²) in [6, 6.07) is 7.09. The number of halogens is 2. The maximum absolute atomic E-state index is 18.3. The summed E-state index contributed by atoms with van der Waals surface area (Å²) in [7, 11) is -1.53. The van der Waals surface area contributed by atoms with Crippen molar-refractivity contribution >= 4 is 50.0 Å². The molecule has 2 aromatic carbocycles. The quantitative estimate of drug-likeness (QED) is 0.0912. The van der Waals surface area contributed by atoms with Crippen LogP contribution in [0, 0.1) is 23.1 Å². The van der Waals surface area contributed by atoms with E-state index in [1.54, 1.807) is 26.4 Å². The highest BCUT2D eigenvalue weighted by Crippen LogP contribution is 2.47. The number of hydrogen-bond acceptors (Lipinski definition) is 10. The van der Waals surface area contributed by atoms with Gasteiger partial charge >= 0.3 is 12.1 Å². The molecule has 0 spiro atoms. The number of anilines is 1. The van der Waals surface area contributed by atoms with Crippen LogP contribution in [-0.2, 0) is 4.74 Å². The van der Waals surface area contributed by atoms with Crippen molar-refractivity contribution in [3.8, 4) is 34.5 Å². The molecule has 3 aliphatic rings. The van der Waals surface area contributed by atoms with Gasteiger partial charge in [-0.2, -0.15) is 9.97 Å². The van der Waals surface area contributed by atoms with Gasteiger partial charge in [-0.3, -0.25) is 9.88 Å². The first-order valence-corrected chi connectivity index (χ1v) is 30.3. The molecular formula is C55H80F2N6O5Si2. The average molecular weight is 999 g/mol. The predicted molar refractivity (Wildman–Crippen MR) is 284 cm³/mol. The number of fused-ring (bicyclic) bond motifs is 3. The van der Waals surface area contributed by atoms with Crippen LogP contribution < -0.4 is 14.1 Å². The van der Waals surface area contributed by atoms with Crippen LogP contribution in [0.5, 0.6) is 11.8 Å². The molecule has 2 aromatic heterocycles. The summed E-state index contributed by atoms with van der Waals surface area (Å²) >= 11 is 0. The second-order valence-corrected chi connectivity index (χ2v) is 34.0. The lowest BCUT2D eigenvalue weighted by Gasteiger charge is -2.42. The van der Waals surface area contributed by atoms with Gasteiger partial charge in [0.2, 0.25) is 0 Å². The van der Waals surface area contributed by atoms with E-state index in [9.17, 15) is 9.90 Å². The van der Waals surface area contributed by atoms with Gasteiger partial charge in [-0.15, -0.1) is 5.54 Å². The molecule has 7 rings (SSSR count). The standard InChI is InChI=1S/C55H80F2N6O5Si2/c1-34(2)69(35(3)4,36(5)6)27-21-43-46(56)19-18-40-28-42(68-70(37(7)8,38(9)10)39(11)12)29-44(47(40)43)49-48(57)50-45(30-58-49)51(62-25-16-22-54(13,65)32-62)60-52(59-50)67-33-55-23-17-26-63(55)41(20-24-55)31-66-53(64)61(14)15/h18-19,28-30,34-39,41,65H,16-17,20,22-26,31-33H2,1-15H3/t41-,54+,55+/m0/s1. The molecular weight excluding hydrogens is 919 g/mol. The van der Waals surface area contributed by atoms with Gasteiger partial charge in [0.15, 0.2) is 5.82 Å². The molecule has 0 radical (unpaired) electrons. The summed E-state index contributed by atoms with van der Waals surface area (Å²) in [5, 5.41) is 12.9. The fourth-order valence-corrected chi connectivity index (χ4v) is 23.6. The summed E-state index contributed by atoms with van der Waals surface area (Å²) in [6.07, 6.45) is 6.09. The van der Waals surface area contributed by atoms with E-state index in [-0.39, 0.29) is 76.8 Å². The van der Waals surface area contributed by atoms with Gasteiger partial charge < -0.3 is 28.8 Å². The normalized spacial score (nSPS) is 21.2. The molecule has 3 fully saturated rings. The molecule has 15 heteroatoms. The molecule has 3 aliphatic heterocycles. The first-order chi connectivity index (χ1) is 32.9. The molecule has 11 nitrogen and oxygen atoms in total. The highest BCUT2D eigenvalue weighted by atomic mass is 28.4. The molecule has 3 atom stereocenters. The maximum Gasteiger partial charge on any atom is 0.409 e. The number of ether oxygens (including phenoxy) is 2. The van der Waals surface area contributed by atoms with Crippen molar-refractivity contribution in [1.82, 2.24) is 24.8 Å². The number of benzene rings is 2. The van der Waals surface area contributed by atoms with Crippen LogP contribution in [0.2, 0.25) is 33.2 Å². The lowest BCUT2D eigenvalue weighted by Crippen LogP contribution is -2.50. The minimum atomic E-state index is -2.54. The third-order valence-corrected chi connectivity index (χ3v) is 28.7. The minimum Gasteiger partial charge on any atom is -0.543 e. The van der Waals surface area contributed by atoms with E-state index < -0.39 is 33.6 Å². The number of aliphatic hydroxyl groups is 1. The molecule has 3 saturated heterocycles. The zero-order valence-corrected chi connectivity index (χ0v) is 46.7. The summed E-state index contributed by atoms with van der Waals surface area (Å²) in [5.74, 6) is 3.27. The van der Waals surface area contributed by atoms with E-state index in [0.717, 1.165) is 32.2 Å². The fourth-order valence-electron chi connectivity index (χ4n) is 13.1. The summed E-state index contributed by atoms with van der Waals surface area (Å²) in [4.78, 5) is 32.9. The van der Waals surface area contributed by atoms with E-state index in [0.29, 0.717) is 69.3 Å². The number of carbonyl (C=O) groups is 1. The Bertz CT molecular complexity index is 2590. The number of hydrogen-bond donors (Lipinski definition) is 1. The number of nitrogens with zero attached hydrogens (tertiary/aromatic N) is 6. The van der Waals surface area contributed by atoms with Crippen molar-refractivity contribution in [2.24, 2.45) is 0 Å². The van der Waals surface area contributed by atoms with Crippen LogP contribution in [0.3, 0.4) is 0 Å². The number of piperidine rings is 1. The predicted octanol–water partition coefficient (Wildman–Crippen LogP) is 12.7. The van der Waals surface area contributed by atoms with Gasteiger partial charge in [0.25, 0.3) is 8.32 Å². The number of rotatable bonds is 15. The van der Waals surface area contributed by atoms with Crippen LogP contribution in [-0.4, -0.2) is 116 Å². The second kappa shape index (κ2) is 20.6. The third kappa shape index (κ3) is 9.92. The fraction of sp³-hybridized carbons (Fsp3) is 0.636. The van der Waals surface area contributed by atoms with Crippen molar-refractivity contribution in [1.29, 1.82) is 0 Å². The topological polar surface area (TPSA) is 113 Å². The van der Waals surface area contributed by atoms with E-state index in [4.69, 9.17) is 28.9 Å². The molecule has 5 heterocycles. The summed E-state index contributed by atoms with van der Waals surface area (Å²) < 4.78 is 54.6. The molecule has 0 saturated carbocycles. The molecule has 1 N–H and O–H groups in total. The van der Waals surface area contributed by atoms with Crippen molar-refractivity contribution in [2.45, 2.75) is 179 Å². The van der Waals surface area contributed by atoms with E-state index in [2.05, 4.69) is 99.4 Å². The zero-order valence-electron chi connectivity index (χ0n) is 44.7. The van der Waals surface area contributed by atoms with Gasteiger partial charge in [0.1, 0.15) is 49.9 Å². The maximum atomic E-state index is 18.3. The number of amides is 1. The first-order valence-electron chi connectivity index (χ1n) is 25.9. The smallest absolute Gasteiger partial charge is 0.409 e. The highest BCUT2D eigenvalue weighted by Gasteiger charge is 2.51. The Morgan fingerprint density at radius 1 is 0.900 bits per heavy atom. The molecule has 1 amide bonds. The van der Waals surface area contributed by atoms with Gasteiger partial charge in [-0.05, 0) is 109 Å². The first kappa shape index (κ1) is 53.4. The van der Waals surface area contributed by atoms with Crippen molar-refractivity contribution < 1.29 is 32.6 Å². The van der Waals surface area contributed by atoms with Gasteiger partial charge in [-0.1, -0.05) is 95.1 Å². The third-order valence-electron chi connectivity index (χ3n) is 16.5. The van der Waals surface area contributed by atoms with Crippen LogP contribution in [0.1, 0.15) is 134 Å². The Morgan fingerprint density at radius 2 is 1.56 bits per heavy atom. The average Bonchev–Trinajstić information content (AvgIpc) is 3.85. The van der Waals surface area contributed by atoms with Gasteiger partial charge in [0, 0.05) is 50.4 Å². The Balaban J connectivity index is 1.43. The van der Waals surface area contributed by atoms with E-state index in [1.165, 1.54) is 11.0 Å².